The molecule has 0 saturated carbocycles. The van der Waals surface area contributed by atoms with Crippen LogP contribution >= 0.6 is 0 Å². The van der Waals surface area contributed by atoms with Gasteiger partial charge in [0.25, 0.3) is 0 Å². The number of rotatable bonds is 5. The zero-order valence-electron chi connectivity index (χ0n) is 17.2. The average Bonchev–Trinajstić information content (AvgIpc) is 2.81. The van der Waals surface area contributed by atoms with Gasteiger partial charge in [-0.3, -0.25) is 9.78 Å². The van der Waals surface area contributed by atoms with Crippen LogP contribution in [-0.2, 0) is 12.6 Å². The fourth-order valence-corrected chi connectivity index (χ4v) is 3.51. The molecule has 2 N–H and O–H groups in total. The van der Waals surface area contributed by atoms with E-state index >= 15 is 0 Å². The van der Waals surface area contributed by atoms with Crippen molar-refractivity contribution in [2.75, 3.05) is 0 Å². The first-order valence-corrected chi connectivity index (χ1v) is 10.0. The number of aromatic nitrogens is 2. The smallest absolute Gasteiger partial charge is 0.433 e. The van der Waals surface area contributed by atoms with Crippen molar-refractivity contribution in [2.24, 2.45) is 0 Å². The molecule has 8 heteroatoms. The van der Waals surface area contributed by atoms with Gasteiger partial charge in [0.05, 0.1) is 12.3 Å². The van der Waals surface area contributed by atoms with Gasteiger partial charge in [-0.1, -0.05) is 48.5 Å². The predicted molar refractivity (Wildman–Crippen MR) is 117 cm³/mol. The zero-order valence-corrected chi connectivity index (χ0v) is 17.2. The molecule has 168 valence electrons. The summed E-state index contributed by atoms with van der Waals surface area (Å²) < 4.78 is 39.9. The molecule has 0 aliphatic rings. The first-order chi connectivity index (χ1) is 15.7. The lowest BCUT2D eigenvalue weighted by Crippen LogP contribution is -2.15. The van der Waals surface area contributed by atoms with Gasteiger partial charge in [-0.2, -0.15) is 13.2 Å². The van der Waals surface area contributed by atoms with E-state index in [1.807, 2.05) is 48.5 Å². The number of nitrogens with zero attached hydrogens (tertiary/aromatic N) is 2. The lowest BCUT2D eigenvalue weighted by Gasteiger charge is -2.18. The summed E-state index contributed by atoms with van der Waals surface area (Å²) in [7, 11) is 0. The van der Waals surface area contributed by atoms with Crippen LogP contribution in [0.25, 0.3) is 16.8 Å². The fraction of sp³-hybridized carbons (Fsp3) is 0.120. The van der Waals surface area contributed by atoms with E-state index in [1.54, 1.807) is 10.6 Å². The number of aromatic hydroxyl groups is 1. The first kappa shape index (κ1) is 22.3. The maximum atomic E-state index is 12.8. The quantitative estimate of drug-likeness (QED) is 0.452. The van der Waals surface area contributed by atoms with Crippen LogP contribution in [-0.4, -0.2) is 19.8 Å². The number of benzene rings is 2. The van der Waals surface area contributed by atoms with Gasteiger partial charge in [0.1, 0.15) is 5.69 Å². The van der Waals surface area contributed by atoms with E-state index in [1.165, 1.54) is 12.3 Å². The molecule has 2 heterocycles. The Morgan fingerprint density at radius 3 is 2.33 bits per heavy atom. The van der Waals surface area contributed by atoms with Crippen LogP contribution in [0.2, 0.25) is 0 Å². The van der Waals surface area contributed by atoms with Crippen LogP contribution in [0.15, 0.2) is 90.0 Å². The van der Waals surface area contributed by atoms with Crippen LogP contribution in [0.3, 0.4) is 0 Å². The molecular weight excluding hydrogens is 433 g/mol. The van der Waals surface area contributed by atoms with Gasteiger partial charge >= 0.3 is 6.18 Å². The van der Waals surface area contributed by atoms with Gasteiger partial charge in [-0.05, 0) is 34.9 Å². The standard InChI is InChI=1S/C25H19F3N2O3/c26-25(27,28)24-10-9-18(14-29-24)21(31)12-20-13-22(32)23(33)15-30(20)19-8-4-7-17(11-19)16-5-2-1-3-6-16/h1-11,13-15,21,31,33H,12H2. The molecule has 4 rings (SSSR count). The summed E-state index contributed by atoms with van der Waals surface area (Å²) in [6.07, 6.45) is -3.65. The van der Waals surface area contributed by atoms with Crippen molar-refractivity contribution in [1.82, 2.24) is 9.55 Å². The van der Waals surface area contributed by atoms with Crippen molar-refractivity contribution in [3.8, 4) is 22.6 Å². The summed E-state index contributed by atoms with van der Waals surface area (Å²) in [4.78, 5) is 15.5. The second-order valence-electron chi connectivity index (χ2n) is 7.50. The molecule has 33 heavy (non-hydrogen) atoms. The second-order valence-corrected chi connectivity index (χ2v) is 7.50. The Hall–Kier alpha value is -3.91. The number of aliphatic hydroxyl groups is 1. The monoisotopic (exact) mass is 452 g/mol. The van der Waals surface area contributed by atoms with E-state index in [4.69, 9.17) is 0 Å². The third kappa shape index (κ3) is 4.96. The molecule has 0 saturated heterocycles. The number of halogens is 3. The Kier molecular flexibility index (Phi) is 6.02. The normalized spacial score (nSPS) is 12.5. The maximum absolute atomic E-state index is 12.8. The Morgan fingerprint density at radius 1 is 0.939 bits per heavy atom. The minimum atomic E-state index is -4.58. The first-order valence-electron chi connectivity index (χ1n) is 10.0. The number of pyridine rings is 2. The van der Waals surface area contributed by atoms with Crippen molar-refractivity contribution in [1.29, 1.82) is 0 Å². The molecule has 2 aromatic carbocycles. The molecule has 0 aliphatic carbocycles. The van der Waals surface area contributed by atoms with Gasteiger partial charge < -0.3 is 14.8 Å². The van der Waals surface area contributed by atoms with E-state index in [2.05, 4.69) is 4.98 Å². The van der Waals surface area contributed by atoms with Crippen molar-refractivity contribution in [2.45, 2.75) is 18.7 Å². The molecule has 0 spiro atoms. The third-order valence-corrected chi connectivity index (χ3v) is 5.21. The number of hydrogen-bond donors (Lipinski definition) is 2. The largest absolute Gasteiger partial charge is 0.503 e. The molecule has 1 unspecified atom stereocenters. The highest BCUT2D eigenvalue weighted by Crippen LogP contribution is 2.29. The Morgan fingerprint density at radius 2 is 1.67 bits per heavy atom. The molecule has 0 radical (unpaired) electrons. The number of alkyl halides is 3. The third-order valence-electron chi connectivity index (χ3n) is 5.21. The van der Waals surface area contributed by atoms with Crippen LogP contribution < -0.4 is 5.43 Å². The lowest BCUT2D eigenvalue weighted by molar-refractivity contribution is -0.141. The molecule has 5 nitrogen and oxygen atoms in total. The maximum Gasteiger partial charge on any atom is 0.433 e. The molecule has 1 atom stereocenters. The van der Waals surface area contributed by atoms with Crippen LogP contribution in [0.5, 0.6) is 5.75 Å². The van der Waals surface area contributed by atoms with Crippen LogP contribution in [0.4, 0.5) is 13.2 Å². The SMILES string of the molecule is O=c1cc(CC(O)c2ccc(C(F)(F)F)nc2)n(-c2cccc(-c3ccccc3)c2)cc1O. The van der Waals surface area contributed by atoms with Gasteiger partial charge in [0.15, 0.2) is 5.75 Å². The van der Waals surface area contributed by atoms with Crippen molar-refractivity contribution in [3.63, 3.8) is 0 Å². The zero-order chi connectivity index (χ0) is 23.6. The van der Waals surface area contributed by atoms with Crippen molar-refractivity contribution >= 4 is 0 Å². The summed E-state index contributed by atoms with van der Waals surface area (Å²) in [6, 6.07) is 20.2. The molecule has 4 aromatic rings. The van der Waals surface area contributed by atoms with E-state index in [0.29, 0.717) is 11.4 Å². The Bertz CT molecular complexity index is 1320. The van der Waals surface area contributed by atoms with E-state index < -0.39 is 29.2 Å². The molecular formula is C25H19F3N2O3. The van der Waals surface area contributed by atoms with Crippen molar-refractivity contribution < 1.29 is 23.4 Å². The summed E-state index contributed by atoms with van der Waals surface area (Å²) in [5.41, 5.74) is 1.38. The van der Waals surface area contributed by atoms with Gasteiger partial charge in [0.2, 0.25) is 5.43 Å². The molecule has 0 aliphatic heterocycles. The fourth-order valence-electron chi connectivity index (χ4n) is 3.51. The minimum absolute atomic E-state index is 0.0852. The topological polar surface area (TPSA) is 75.3 Å². The molecule has 0 fully saturated rings. The number of hydrogen-bond acceptors (Lipinski definition) is 4. The minimum Gasteiger partial charge on any atom is -0.503 e. The Balaban J connectivity index is 1.69. The van der Waals surface area contributed by atoms with Gasteiger partial charge in [-0.15, -0.1) is 0 Å². The summed E-state index contributed by atoms with van der Waals surface area (Å²) in [5, 5.41) is 20.7. The van der Waals surface area contributed by atoms with Gasteiger partial charge in [-0.25, -0.2) is 0 Å². The highest BCUT2D eigenvalue weighted by Gasteiger charge is 2.32. The van der Waals surface area contributed by atoms with E-state index in [9.17, 15) is 28.2 Å². The summed E-state index contributed by atoms with van der Waals surface area (Å²) in [5.74, 6) is -0.463. The lowest BCUT2D eigenvalue weighted by atomic mass is 10.0. The Labute approximate surface area is 187 Å². The predicted octanol–water partition coefficient (Wildman–Crippen LogP) is 4.90. The van der Waals surface area contributed by atoms with Gasteiger partial charge in [0, 0.05) is 30.1 Å². The summed E-state index contributed by atoms with van der Waals surface area (Å²) >= 11 is 0. The van der Waals surface area contributed by atoms with E-state index in [0.717, 1.165) is 29.5 Å². The summed E-state index contributed by atoms with van der Waals surface area (Å²) in [6.45, 7) is 0. The molecule has 0 bridgehead atoms. The number of aliphatic hydroxyl groups excluding tert-OH is 1. The molecule has 0 amide bonds. The second kappa shape index (κ2) is 8.91. The van der Waals surface area contributed by atoms with Crippen LogP contribution in [0.1, 0.15) is 23.1 Å². The highest BCUT2D eigenvalue weighted by molar-refractivity contribution is 5.66. The highest BCUT2D eigenvalue weighted by atomic mass is 19.4. The average molecular weight is 452 g/mol. The van der Waals surface area contributed by atoms with Crippen molar-refractivity contribution in [3.05, 3.63) is 112 Å². The van der Waals surface area contributed by atoms with Crippen LogP contribution in [0, 0.1) is 0 Å². The molecule has 2 aromatic heterocycles. The van der Waals surface area contributed by atoms with E-state index in [-0.39, 0.29) is 12.0 Å².